The molecule has 0 bridgehead atoms. The van der Waals surface area contributed by atoms with E-state index in [-0.39, 0.29) is 10.8 Å². The van der Waals surface area contributed by atoms with E-state index in [4.69, 9.17) is 0 Å². The third-order valence-electron chi connectivity index (χ3n) is 3.25. The molecule has 0 aliphatic carbocycles. The molecule has 19 heavy (non-hydrogen) atoms. The number of hydrogen-bond acceptors (Lipinski definition) is 3. The van der Waals surface area contributed by atoms with Crippen LogP contribution in [0.3, 0.4) is 0 Å². The van der Waals surface area contributed by atoms with Gasteiger partial charge in [-0.15, -0.1) is 0 Å². The minimum absolute atomic E-state index is 0.257. The van der Waals surface area contributed by atoms with Gasteiger partial charge in [0.05, 0.1) is 0 Å². The van der Waals surface area contributed by atoms with Gasteiger partial charge in [-0.3, -0.25) is 0 Å². The molecule has 0 amide bonds. The first kappa shape index (κ1) is 14.9. The second-order valence-electron chi connectivity index (χ2n) is 4.65. The molecule has 1 N–H and O–H groups in total. The van der Waals surface area contributed by atoms with Gasteiger partial charge in [-0.2, -0.15) is 4.31 Å². The first-order chi connectivity index (χ1) is 8.95. The van der Waals surface area contributed by atoms with Gasteiger partial charge in [-0.05, 0) is 44.1 Å². The maximum Gasteiger partial charge on any atom is 0.246 e. The molecular formula is C12H16BrFN2O2S. The molecule has 0 spiro atoms. The number of hydrogen-bond donors (Lipinski definition) is 1. The lowest BCUT2D eigenvalue weighted by atomic mass is 10.1. The number of nitrogens with one attached hydrogen (secondary N) is 1. The lowest BCUT2D eigenvalue weighted by molar-refractivity contribution is 0.446. The van der Waals surface area contributed by atoms with Gasteiger partial charge >= 0.3 is 0 Å². The number of nitrogens with zero attached hydrogens (tertiary/aromatic N) is 1. The van der Waals surface area contributed by atoms with E-state index in [2.05, 4.69) is 21.2 Å². The fourth-order valence-electron chi connectivity index (χ4n) is 2.28. The lowest BCUT2D eigenvalue weighted by Gasteiger charge is -2.17. The van der Waals surface area contributed by atoms with Gasteiger partial charge in [-0.25, -0.2) is 12.8 Å². The Balaban J connectivity index is 2.26. The Morgan fingerprint density at radius 2 is 2.26 bits per heavy atom. The molecule has 4 nitrogen and oxygen atoms in total. The van der Waals surface area contributed by atoms with Crippen LogP contribution in [-0.2, 0) is 10.0 Å². The number of benzene rings is 1. The molecule has 0 aromatic heterocycles. The van der Waals surface area contributed by atoms with E-state index in [1.165, 1.54) is 16.4 Å². The SMILES string of the molecule is CNCC1CCN(S(=O)(=O)c2cc(Br)ccc2F)C1. The molecule has 106 valence electrons. The van der Waals surface area contributed by atoms with Crippen LogP contribution in [0.4, 0.5) is 4.39 Å². The average Bonchev–Trinajstić information content (AvgIpc) is 2.82. The molecular weight excluding hydrogens is 335 g/mol. The van der Waals surface area contributed by atoms with Crippen molar-refractivity contribution in [2.45, 2.75) is 11.3 Å². The Hall–Kier alpha value is -0.500. The maximum absolute atomic E-state index is 13.7. The maximum atomic E-state index is 13.7. The molecule has 1 unspecified atom stereocenters. The molecule has 7 heteroatoms. The quantitative estimate of drug-likeness (QED) is 0.900. The summed E-state index contributed by atoms with van der Waals surface area (Å²) in [6, 6.07) is 3.97. The van der Waals surface area contributed by atoms with Crippen LogP contribution in [0.5, 0.6) is 0 Å². The molecule has 0 saturated carbocycles. The standard InChI is InChI=1S/C12H16BrFN2O2S/c1-15-7-9-4-5-16(8-9)19(17,18)12-6-10(13)2-3-11(12)14/h2-3,6,9,15H,4-5,7-8H2,1H3. The number of sulfonamides is 1. The average molecular weight is 351 g/mol. The predicted octanol–water partition coefficient (Wildman–Crippen LogP) is 1.82. The highest BCUT2D eigenvalue weighted by Gasteiger charge is 2.33. The van der Waals surface area contributed by atoms with E-state index in [0.29, 0.717) is 17.6 Å². The van der Waals surface area contributed by atoms with Gasteiger partial charge in [0.25, 0.3) is 0 Å². The summed E-state index contributed by atoms with van der Waals surface area (Å²) in [6.45, 7) is 1.66. The van der Waals surface area contributed by atoms with Crippen LogP contribution >= 0.6 is 15.9 Å². The Labute approximate surface area is 121 Å². The summed E-state index contributed by atoms with van der Waals surface area (Å²) in [6.07, 6.45) is 0.801. The summed E-state index contributed by atoms with van der Waals surface area (Å²) < 4.78 is 40.4. The van der Waals surface area contributed by atoms with Gasteiger partial charge in [0.2, 0.25) is 10.0 Å². The van der Waals surface area contributed by atoms with Gasteiger partial charge in [0.15, 0.2) is 0 Å². The van der Waals surface area contributed by atoms with E-state index in [0.717, 1.165) is 19.0 Å². The van der Waals surface area contributed by atoms with Crippen molar-refractivity contribution in [3.8, 4) is 0 Å². The highest BCUT2D eigenvalue weighted by molar-refractivity contribution is 9.10. The summed E-state index contributed by atoms with van der Waals surface area (Å²) in [5, 5.41) is 3.04. The normalized spacial score (nSPS) is 20.9. The second-order valence-corrected chi connectivity index (χ2v) is 7.47. The second kappa shape index (κ2) is 5.87. The lowest BCUT2D eigenvalue weighted by Crippen LogP contribution is -2.31. The highest BCUT2D eigenvalue weighted by Crippen LogP contribution is 2.27. The van der Waals surface area contributed by atoms with Crippen molar-refractivity contribution in [2.75, 3.05) is 26.7 Å². The van der Waals surface area contributed by atoms with Crippen molar-refractivity contribution in [3.05, 3.63) is 28.5 Å². The summed E-state index contributed by atoms with van der Waals surface area (Å²) >= 11 is 3.17. The molecule has 1 saturated heterocycles. The third-order valence-corrected chi connectivity index (χ3v) is 5.63. The smallest absolute Gasteiger partial charge is 0.246 e. The first-order valence-electron chi connectivity index (χ1n) is 6.05. The summed E-state index contributed by atoms with van der Waals surface area (Å²) in [4.78, 5) is -0.257. The van der Waals surface area contributed by atoms with Gasteiger partial charge in [0.1, 0.15) is 10.7 Å². The van der Waals surface area contributed by atoms with Gasteiger partial charge in [0, 0.05) is 17.6 Å². The van der Waals surface area contributed by atoms with Crippen LogP contribution in [0.1, 0.15) is 6.42 Å². The Morgan fingerprint density at radius 3 is 2.95 bits per heavy atom. The van der Waals surface area contributed by atoms with E-state index in [1.54, 1.807) is 0 Å². The van der Waals surface area contributed by atoms with Crippen molar-refractivity contribution in [3.63, 3.8) is 0 Å². The van der Waals surface area contributed by atoms with Crippen molar-refractivity contribution < 1.29 is 12.8 Å². The summed E-state index contributed by atoms with van der Waals surface area (Å²) in [7, 11) is -1.90. The van der Waals surface area contributed by atoms with Crippen LogP contribution in [0.25, 0.3) is 0 Å². The molecule has 1 fully saturated rings. The van der Waals surface area contributed by atoms with Gasteiger partial charge in [-0.1, -0.05) is 15.9 Å². The monoisotopic (exact) mass is 350 g/mol. The number of rotatable bonds is 4. The topological polar surface area (TPSA) is 49.4 Å². The van der Waals surface area contributed by atoms with Crippen molar-refractivity contribution in [2.24, 2.45) is 5.92 Å². The highest BCUT2D eigenvalue weighted by atomic mass is 79.9. The Morgan fingerprint density at radius 1 is 1.53 bits per heavy atom. The fraction of sp³-hybridized carbons (Fsp3) is 0.500. The predicted molar refractivity (Wildman–Crippen MR) is 74.9 cm³/mol. The first-order valence-corrected chi connectivity index (χ1v) is 8.28. The zero-order chi connectivity index (χ0) is 14.0. The van der Waals surface area contributed by atoms with E-state index in [1.807, 2.05) is 7.05 Å². The molecule has 0 radical (unpaired) electrons. The molecule has 1 atom stereocenters. The molecule has 1 aromatic rings. The molecule has 1 aliphatic heterocycles. The molecule has 1 aliphatic rings. The molecule has 1 aromatic carbocycles. The van der Waals surface area contributed by atoms with Crippen LogP contribution in [0.15, 0.2) is 27.6 Å². The zero-order valence-corrected chi connectivity index (χ0v) is 13.0. The Kier molecular flexibility index (Phi) is 4.60. The summed E-state index contributed by atoms with van der Waals surface area (Å²) in [5.74, 6) is -0.421. The third kappa shape index (κ3) is 3.16. The van der Waals surface area contributed by atoms with Crippen molar-refractivity contribution in [1.82, 2.24) is 9.62 Å². The van der Waals surface area contributed by atoms with Crippen LogP contribution in [0.2, 0.25) is 0 Å². The van der Waals surface area contributed by atoms with E-state index < -0.39 is 15.8 Å². The summed E-state index contributed by atoms with van der Waals surface area (Å²) in [5.41, 5.74) is 0. The van der Waals surface area contributed by atoms with Crippen molar-refractivity contribution >= 4 is 26.0 Å². The molecule has 2 rings (SSSR count). The molecule has 1 heterocycles. The van der Waals surface area contributed by atoms with E-state index >= 15 is 0 Å². The largest absolute Gasteiger partial charge is 0.319 e. The minimum atomic E-state index is -3.74. The minimum Gasteiger partial charge on any atom is -0.319 e. The van der Waals surface area contributed by atoms with Crippen LogP contribution in [-0.4, -0.2) is 39.4 Å². The Bertz CT molecular complexity index is 565. The van der Waals surface area contributed by atoms with Crippen LogP contribution in [0, 0.1) is 11.7 Å². The van der Waals surface area contributed by atoms with Crippen LogP contribution < -0.4 is 5.32 Å². The van der Waals surface area contributed by atoms with Crippen molar-refractivity contribution in [1.29, 1.82) is 0 Å². The zero-order valence-electron chi connectivity index (χ0n) is 10.6. The van der Waals surface area contributed by atoms with E-state index in [9.17, 15) is 12.8 Å². The fourth-order valence-corrected chi connectivity index (χ4v) is 4.42. The number of halogens is 2. The van der Waals surface area contributed by atoms with Gasteiger partial charge < -0.3 is 5.32 Å².